The zero-order valence-corrected chi connectivity index (χ0v) is 10.6. The van der Waals surface area contributed by atoms with Crippen molar-refractivity contribution in [3.63, 3.8) is 0 Å². The Labute approximate surface area is 109 Å². The first kappa shape index (κ1) is 13.2. The normalized spacial score (nSPS) is 10.5. The van der Waals surface area contributed by atoms with Crippen molar-refractivity contribution in [3.8, 4) is 0 Å². The van der Waals surface area contributed by atoms with Crippen LogP contribution in [0.2, 0.25) is 0 Å². The number of carbonyl (C=O) groups is 1. The topological polar surface area (TPSA) is 43.1 Å². The van der Waals surface area contributed by atoms with Gasteiger partial charge in [0.25, 0.3) is 0 Å². The van der Waals surface area contributed by atoms with Crippen LogP contribution < -0.4 is 5.73 Å². The molecule has 2 rings (SSSR count). The summed E-state index contributed by atoms with van der Waals surface area (Å²) in [4.78, 5) is 12.3. The van der Waals surface area contributed by atoms with Crippen molar-refractivity contribution in [2.75, 3.05) is 5.73 Å². The van der Waals surface area contributed by atoms with Crippen LogP contribution in [0.4, 0.5) is 14.5 Å². The van der Waals surface area contributed by atoms with Crippen LogP contribution in [0.15, 0.2) is 30.3 Å². The molecule has 98 valence electrons. The minimum atomic E-state index is -0.866. The molecule has 0 radical (unpaired) electrons. The van der Waals surface area contributed by atoms with E-state index in [0.29, 0.717) is 11.3 Å². The molecule has 0 saturated heterocycles. The summed E-state index contributed by atoms with van der Waals surface area (Å²) >= 11 is 0. The highest BCUT2D eigenvalue weighted by Crippen LogP contribution is 2.23. The average molecular weight is 261 g/mol. The highest BCUT2D eigenvalue weighted by molar-refractivity contribution is 6.11. The molecule has 0 aliphatic heterocycles. The third-order valence-electron chi connectivity index (χ3n) is 3.13. The summed E-state index contributed by atoms with van der Waals surface area (Å²) in [5.74, 6) is -2.38. The monoisotopic (exact) mass is 261 g/mol. The lowest BCUT2D eigenvalue weighted by atomic mass is 9.96. The van der Waals surface area contributed by atoms with E-state index in [9.17, 15) is 13.6 Å². The van der Waals surface area contributed by atoms with E-state index >= 15 is 0 Å². The Balaban J connectivity index is 2.63. The number of ketones is 1. The lowest BCUT2D eigenvalue weighted by Crippen LogP contribution is -2.11. The fourth-order valence-corrected chi connectivity index (χ4v) is 1.90. The number of hydrogen-bond acceptors (Lipinski definition) is 2. The third kappa shape index (κ3) is 2.21. The molecule has 2 nitrogen and oxygen atoms in total. The molecule has 0 unspecified atom stereocenters. The maximum atomic E-state index is 13.9. The smallest absolute Gasteiger partial charge is 0.199 e. The van der Waals surface area contributed by atoms with Gasteiger partial charge in [-0.3, -0.25) is 4.79 Å². The van der Waals surface area contributed by atoms with Crippen molar-refractivity contribution in [1.29, 1.82) is 0 Å². The second-order valence-corrected chi connectivity index (χ2v) is 4.40. The van der Waals surface area contributed by atoms with E-state index in [-0.39, 0.29) is 11.1 Å². The summed E-state index contributed by atoms with van der Waals surface area (Å²) in [6.07, 6.45) is 0. The number of hydrogen-bond donors (Lipinski definition) is 1. The van der Waals surface area contributed by atoms with Gasteiger partial charge < -0.3 is 5.73 Å². The molecule has 0 aliphatic rings. The van der Waals surface area contributed by atoms with Crippen molar-refractivity contribution in [3.05, 3.63) is 64.2 Å². The summed E-state index contributed by atoms with van der Waals surface area (Å²) in [6, 6.07) is 7.12. The highest BCUT2D eigenvalue weighted by atomic mass is 19.1. The number of aryl methyl sites for hydroxylation is 1. The first-order valence-electron chi connectivity index (χ1n) is 5.78. The molecule has 0 heterocycles. The van der Waals surface area contributed by atoms with Crippen molar-refractivity contribution in [1.82, 2.24) is 0 Å². The number of rotatable bonds is 2. The zero-order chi connectivity index (χ0) is 14.2. The van der Waals surface area contributed by atoms with E-state index < -0.39 is 23.0 Å². The Kier molecular flexibility index (Phi) is 3.34. The molecular weight excluding hydrogens is 248 g/mol. The fraction of sp³-hybridized carbons (Fsp3) is 0.133. The van der Waals surface area contributed by atoms with Gasteiger partial charge in [0.05, 0.1) is 5.56 Å². The van der Waals surface area contributed by atoms with Gasteiger partial charge >= 0.3 is 0 Å². The fourth-order valence-electron chi connectivity index (χ4n) is 1.90. The average Bonchev–Trinajstić information content (AvgIpc) is 2.37. The van der Waals surface area contributed by atoms with Crippen molar-refractivity contribution >= 4 is 11.5 Å². The molecule has 0 saturated carbocycles. The lowest BCUT2D eigenvalue weighted by Gasteiger charge is -2.10. The minimum absolute atomic E-state index is 0.211. The number of nitrogens with two attached hydrogens (primary N) is 1. The van der Waals surface area contributed by atoms with E-state index in [1.165, 1.54) is 19.1 Å². The number of halogens is 2. The summed E-state index contributed by atoms with van der Waals surface area (Å²) in [5.41, 5.74) is 6.55. The minimum Gasteiger partial charge on any atom is -0.398 e. The van der Waals surface area contributed by atoms with Crippen LogP contribution in [0.5, 0.6) is 0 Å². The van der Waals surface area contributed by atoms with Gasteiger partial charge in [0.15, 0.2) is 5.78 Å². The lowest BCUT2D eigenvalue weighted by molar-refractivity contribution is 0.103. The maximum Gasteiger partial charge on any atom is 0.199 e. The number of anilines is 1. The zero-order valence-electron chi connectivity index (χ0n) is 10.6. The number of benzene rings is 2. The molecule has 0 spiro atoms. The van der Waals surface area contributed by atoms with Gasteiger partial charge in [0, 0.05) is 11.3 Å². The van der Waals surface area contributed by atoms with Crippen LogP contribution >= 0.6 is 0 Å². The quantitative estimate of drug-likeness (QED) is 0.665. The first-order chi connectivity index (χ1) is 8.93. The summed E-state index contributed by atoms with van der Waals surface area (Å²) in [6.45, 7) is 3.13. The van der Waals surface area contributed by atoms with Gasteiger partial charge in [-0.05, 0) is 37.1 Å². The standard InChI is InChI=1S/C15H13F2NO/c1-8-6-7-11(16)13(14(8)17)15(19)10-4-3-5-12(18)9(10)2/h3-7H,18H2,1-2H3. The number of nitrogen functional groups attached to an aromatic ring is 1. The molecule has 0 amide bonds. The van der Waals surface area contributed by atoms with Crippen molar-refractivity contribution in [2.45, 2.75) is 13.8 Å². The SMILES string of the molecule is Cc1ccc(F)c(C(=O)c2cccc(N)c2C)c1F. The molecule has 2 N–H and O–H groups in total. The molecule has 2 aromatic carbocycles. The molecule has 0 fully saturated rings. The third-order valence-corrected chi connectivity index (χ3v) is 3.13. The summed E-state index contributed by atoms with van der Waals surface area (Å²) in [5, 5.41) is 0. The molecule has 2 aromatic rings. The Bertz CT molecular complexity index is 665. The van der Waals surface area contributed by atoms with Gasteiger partial charge in [-0.15, -0.1) is 0 Å². The Morgan fingerprint density at radius 2 is 1.79 bits per heavy atom. The Morgan fingerprint density at radius 1 is 1.11 bits per heavy atom. The largest absolute Gasteiger partial charge is 0.398 e. The van der Waals surface area contributed by atoms with Crippen LogP contribution in [0.3, 0.4) is 0 Å². The van der Waals surface area contributed by atoms with Crippen LogP contribution in [0, 0.1) is 25.5 Å². The predicted octanol–water partition coefficient (Wildman–Crippen LogP) is 3.39. The van der Waals surface area contributed by atoms with Gasteiger partial charge in [0.1, 0.15) is 11.6 Å². The van der Waals surface area contributed by atoms with Gasteiger partial charge in [0.2, 0.25) is 0 Å². The van der Waals surface area contributed by atoms with Crippen LogP contribution in [0.1, 0.15) is 27.0 Å². The van der Waals surface area contributed by atoms with Gasteiger partial charge in [-0.1, -0.05) is 18.2 Å². The maximum absolute atomic E-state index is 13.9. The van der Waals surface area contributed by atoms with E-state index in [0.717, 1.165) is 6.07 Å². The van der Waals surface area contributed by atoms with Gasteiger partial charge in [-0.2, -0.15) is 0 Å². The highest BCUT2D eigenvalue weighted by Gasteiger charge is 2.22. The van der Waals surface area contributed by atoms with Crippen LogP contribution in [-0.2, 0) is 0 Å². The van der Waals surface area contributed by atoms with Crippen molar-refractivity contribution < 1.29 is 13.6 Å². The van der Waals surface area contributed by atoms with Gasteiger partial charge in [-0.25, -0.2) is 8.78 Å². The Hall–Kier alpha value is -2.23. The van der Waals surface area contributed by atoms with Crippen LogP contribution in [0.25, 0.3) is 0 Å². The molecular formula is C15H13F2NO. The molecule has 19 heavy (non-hydrogen) atoms. The summed E-state index contributed by atoms with van der Waals surface area (Å²) < 4.78 is 27.6. The van der Waals surface area contributed by atoms with Crippen molar-refractivity contribution in [2.24, 2.45) is 0 Å². The second kappa shape index (κ2) is 4.80. The van der Waals surface area contributed by atoms with E-state index in [1.54, 1.807) is 19.1 Å². The molecule has 0 aromatic heterocycles. The second-order valence-electron chi connectivity index (χ2n) is 4.40. The number of carbonyl (C=O) groups excluding carboxylic acids is 1. The summed E-state index contributed by atoms with van der Waals surface area (Å²) in [7, 11) is 0. The van der Waals surface area contributed by atoms with E-state index in [4.69, 9.17) is 5.73 Å². The predicted molar refractivity (Wildman–Crippen MR) is 70.1 cm³/mol. The molecule has 4 heteroatoms. The molecule has 0 bridgehead atoms. The van der Waals surface area contributed by atoms with E-state index in [1.807, 2.05) is 0 Å². The van der Waals surface area contributed by atoms with Crippen LogP contribution in [-0.4, -0.2) is 5.78 Å². The first-order valence-corrected chi connectivity index (χ1v) is 5.78. The van der Waals surface area contributed by atoms with E-state index in [2.05, 4.69) is 0 Å². The molecule has 0 aliphatic carbocycles. The Morgan fingerprint density at radius 3 is 2.47 bits per heavy atom. The molecule has 0 atom stereocenters.